The molecule has 1 aromatic heterocycles. The second kappa shape index (κ2) is 4.93. The van der Waals surface area contributed by atoms with E-state index in [-0.39, 0.29) is 6.61 Å². The van der Waals surface area contributed by atoms with Crippen LogP contribution in [0.25, 0.3) is 0 Å². The molecule has 0 radical (unpaired) electrons. The van der Waals surface area contributed by atoms with Crippen molar-refractivity contribution in [2.24, 2.45) is 0 Å². The van der Waals surface area contributed by atoms with Gasteiger partial charge in [-0.1, -0.05) is 12.1 Å². The maximum Gasteiger partial charge on any atom is 0.322 e. The van der Waals surface area contributed by atoms with Crippen molar-refractivity contribution < 1.29 is 9.84 Å². The van der Waals surface area contributed by atoms with Crippen molar-refractivity contribution in [3.63, 3.8) is 0 Å². The number of hydrogen-bond acceptors (Lipinski definition) is 4. The molecule has 0 amide bonds. The quantitative estimate of drug-likeness (QED) is 0.879. The Morgan fingerprint density at radius 2 is 2.12 bits per heavy atom. The second-order valence-electron chi connectivity index (χ2n) is 3.84. The summed E-state index contributed by atoms with van der Waals surface area (Å²) in [5.41, 5.74) is 2.55. The summed E-state index contributed by atoms with van der Waals surface area (Å²) in [5, 5.41) is 9.01. The predicted octanol–water partition coefficient (Wildman–Crippen LogP) is 2.38. The number of hydrogen-bond donors (Lipinski definition) is 1. The fraction of sp³-hybridized carbons (Fsp3) is 0.231. The van der Waals surface area contributed by atoms with Gasteiger partial charge in [-0.2, -0.15) is 4.98 Å². The van der Waals surface area contributed by atoms with Crippen LogP contribution < -0.4 is 4.74 Å². The molecule has 88 valence electrons. The van der Waals surface area contributed by atoms with Crippen molar-refractivity contribution in [3.05, 3.63) is 47.3 Å². The maximum atomic E-state index is 9.01. The largest absolute Gasteiger partial charge is 0.424 e. The number of rotatable bonds is 3. The first-order valence-corrected chi connectivity index (χ1v) is 5.37. The highest BCUT2D eigenvalue weighted by Crippen LogP contribution is 2.19. The standard InChI is InChI=1S/C13H14N2O2/c1-9-4-3-5-12(6-9)17-13-14-7-11(8-16)10(2)15-13/h3-7,16H,8H2,1-2H3. The molecule has 0 atom stereocenters. The van der Waals surface area contributed by atoms with Gasteiger partial charge in [0.1, 0.15) is 5.75 Å². The molecule has 4 nitrogen and oxygen atoms in total. The van der Waals surface area contributed by atoms with Crippen molar-refractivity contribution in [1.82, 2.24) is 9.97 Å². The molecule has 1 N–H and O–H groups in total. The van der Waals surface area contributed by atoms with Crippen LogP contribution in [0, 0.1) is 13.8 Å². The molecule has 1 aromatic carbocycles. The van der Waals surface area contributed by atoms with Crippen LogP contribution in [0.3, 0.4) is 0 Å². The topological polar surface area (TPSA) is 55.2 Å². The van der Waals surface area contributed by atoms with Crippen LogP contribution in [0.15, 0.2) is 30.5 Å². The maximum absolute atomic E-state index is 9.01. The number of aliphatic hydroxyl groups is 1. The molecule has 0 fully saturated rings. The Morgan fingerprint density at radius 3 is 2.76 bits per heavy atom. The van der Waals surface area contributed by atoms with Gasteiger partial charge in [0.25, 0.3) is 0 Å². The second-order valence-corrected chi connectivity index (χ2v) is 3.84. The lowest BCUT2D eigenvalue weighted by Gasteiger charge is -2.06. The van der Waals surface area contributed by atoms with Gasteiger partial charge in [-0.25, -0.2) is 4.98 Å². The number of ether oxygens (including phenoxy) is 1. The molecule has 2 aromatic rings. The Morgan fingerprint density at radius 1 is 1.29 bits per heavy atom. The van der Waals surface area contributed by atoms with Crippen LogP contribution in [0.1, 0.15) is 16.8 Å². The number of nitrogens with zero attached hydrogens (tertiary/aromatic N) is 2. The van der Waals surface area contributed by atoms with Gasteiger partial charge in [0.15, 0.2) is 0 Å². The number of aromatic nitrogens is 2. The predicted molar refractivity (Wildman–Crippen MR) is 63.9 cm³/mol. The molecule has 0 aliphatic heterocycles. The van der Waals surface area contributed by atoms with E-state index in [1.807, 2.05) is 38.1 Å². The molecule has 0 aliphatic rings. The highest BCUT2D eigenvalue weighted by Gasteiger charge is 2.04. The first-order chi connectivity index (χ1) is 8.19. The number of aliphatic hydroxyl groups excluding tert-OH is 1. The first kappa shape index (κ1) is 11.5. The Kier molecular flexibility index (Phi) is 3.35. The third-order valence-electron chi connectivity index (χ3n) is 2.43. The fourth-order valence-corrected chi connectivity index (χ4v) is 1.46. The number of benzene rings is 1. The molecule has 0 spiro atoms. The van der Waals surface area contributed by atoms with Gasteiger partial charge in [-0.15, -0.1) is 0 Å². The lowest BCUT2D eigenvalue weighted by molar-refractivity contribution is 0.279. The smallest absolute Gasteiger partial charge is 0.322 e. The molecule has 2 rings (SSSR count). The molecule has 17 heavy (non-hydrogen) atoms. The van der Waals surface area contributed by atoms with Crippen molar-refractivity contribution in [3.8, 4) is 11.8 Å². The van der Waals surface area contributed by atoms with E-state index in [0.29, 0.717) is 17.3 Å². The summed E-state index contributed by atoms with van der Waals surface area (Å²) in [4.78, 5) is 8.22. The van der Waals surface area contributed by atoms with Crippen molar-refractivity contribution >= 4 is 0 Å². The van der Waals surface area contributed by atoms with Gasteiger partial charge in [-0.3, -0.25) is 0 Å². The summed E-state index contributed by atoms with van der Waals surface area (Å²) < 4.78 is 5.54. The van der Waals surface area contributed by atoms with E-state index in [4.69, 9.17) is 9.84 Å². The zero-order valence-corrected chi connectivity index (χ0v) is 9.84. The van der Waals surface area contributed by atoms with E-state index in [9.17, 15) is 0 Å². The summed E-state index contributed by atoms with van der Waals surface area (Å²) in [6.45, 7) is 3.75. The van der Waals surface area contributed by atoms with Crippen LogP contribution in [-0.2, 0) is 6.61 Å². The minimum Gasteiger partial charge on any atom is -0.424 e. The summed E-state index contributed by atoms with van der Waals surface area (Å²) in [6.07, 6.45) is 1.58. The molecular weight excluding hydrogens is 216 g/mol. The van der Waals surface area contributed by atoms with Gasteiger partial charge < -0.3 is 9.84 Å². The fourth-order valence-electron chi connectivity index (χ4n) is 1.46. The molecule has 4 heteroatoms. The van der Waals surface area contributed by atoms with Gasteiger partial charge >= 0.3 is 6.01 Å². The highest BCUT2D eigenvalue weighted by atomic mass is 16.5. The van der Waals surface area contributed by atoms with Crippen LogP contribution in [-0.4, -0.2) is 15.1 Å². The Balaban J connectivity index is 2.22. The van der Waals surface area contributed by atoms with Gasteiger partial charge in [-0.05, 0) is 31.5 Å². The molecule has 1 heterocycles. The van der Waals surface area contributed by atoms with Crippen molar-refractivity contribution in [2.75, 3.05) is 0 Å². The molecule has 0 aliphatic carbocycles. The summed E-state index contributed by atoms with van der Waals surface area (Å²) in [7, 11) is 0. The Labute approximate surface area is 99.9 Å². The lowest BCUT2D eigenvalue weighted by Crippen LogP contribution is -1.98. The van der Waals surface area contributed by atoms with Crippen molar-refractivity contribution in [1.29, 1.82) is 0 Å². The van der Waals surface area contributed by atoms with Crippen LogP contribution in [0.5, 0.6) is 11.8 Å². The van der Waals surface area contributed by atoms with E-state index in [2.05, 4.69) is 9.97 Å². The van der Waals surface area contributed by atoms with E-state index < -0.39 is 0 Å². The number of aryl methyl sites for hydroxylation is 2. The third-order valence-corrected chi connectivity index (χ3v) is 2.43. The van der Waals surface area contributed by atoms with Crippen LogP contribution in [0.4, 0.5) is 0 Å². The summed E-state index contributed by atoms with van der Waals surface area (Å²) in [6, 6.07) is 7.97. The minimum absolute atomic E-state index is 0.0590. The first-order valence-electron chi connectivity index (χ1n) is 5.37. The molecular formula is C13H14N2O2. The highest BCUT2D eigenvalue weighted by molar-refractivity contribution is 5.30. The molecule has 0 unspecified atom stereocenters. The van der Waals surface area contributed by atoms with Gasteiger partial charge in [0.05, 0.1) is 12.3 Å². The van der Waals surface area contributed by atoms with E-state index in [1.54, 1.807) is 6.20 Å². The van der Waals surface area contributed by atoms with Crippen molar-refractivity contribution in [2.45, 2.75) is 20.5 Å². The molecule has 0 saturated carbocycles. The normalized spacial score (nSPS) is 10.3. The van der Waals surface area contributed by atoms with Gasteiger partial charge in [0.2, 0.25) is 0 Å². The SMILES string of the molecule is Cc1cccc(Oc2ncc(CO)c(C)n2)c1. The molecule has 0 bridgehead atoms. The minimum atomic E-state index is -0.0590. The summed E-state index contributed by atoms with van der Waals surface area (Å²) in [5.74, 6) is 0.709. The average Bonchev–Trinajstić information content (AvgIpc) is 2.29. The van der Waals surface area contributed by atoms with E-state index in [1.165, 1.54) is 0 Å². The third kappa shape index (κ3) is 2.79. The van der Waals surface area contributed by atoms with E-state index in [0.717, 1.165) is 11.3 Å². The van der Waals surface area contributed by atoms with Crippen LogP contribution >= 0.6 is 0 Å². The van der Waals surface area contributed by atoms with Gasteiger partial charge in [0, 0.05) is 11.8 Å². The summed E-state index contributed by atoms with van der Waals surface area (Å²) >= 11 is 0. The zero-order valence-electron chi connectivity index (χ0n) is 9.84. The van der Waals surface area contributed by atoms with E-state index >= 15 is 0 Å². The monoisotopic (exact) mass is 230 g/mol. The van der Waals surface area contributed by atoms with Crippen LogP contribution in [0.2, 0.25) is 0 Å². The average molecular weight is 230 g/mol. The Hall–Kier alpha value is -1.94. The lowest BCUT2D eigenvalue weighted by atomic mass is 10.2. The molecule has 0 saturated heterocycles. The zero-order chi connectivity index (χ0) is 12.3. The Bertz CT molecular complexity index is 527.